The fourth-order valence-electron chi connectivity index (χ4n) is 1.56. The van der Waals surface area contributed by atoms with Gasteiger partial charge in [0.05, 0.1) is 11.8 Å². The number of rotatable bonds is 3. The van der Waals surface area contributed by atoms with Crippen LogP contribution in [0.3, 0.4) is 0 Å². The Morgan fingerprint density at radius 3 is 2.67 bits per heavy atom. The van der Waals surface area contributed by atoms with E-state index in [4.69, 9.17) is 14.7 Å². The Morgan fingerprint density at radius 1 is 1.39 bits per heavy atom. The smallest absolute Gasteiger partial charge is 0.228 e. The van der Waals surface area contributed by atoms with Gasteiger partial charge in [0.2, 0.25) is 11.7 Å². The molecule has 1 unspecified atom stereocenters. The van der Waals surface area contributed by atoms with Gasteiger partial charge in [0.1, 0.15) is 5.76 Å². The number of hydrogen-bond donors (Lipinski definition) is 1. The maximum atomic E-state index is 6.09. The molecule has 2 aromatic heterocycles. The zero-order chi connectivity index (χ0) is 13.3. The van der Waals surface area contributed by atoms with Crippen LogP contribution in [-0.4, -0.2) is 16.2 Å². The molecule has 98 valence electrons. The van der Waals surface area contributed by atoms with Gasteiger partial charge in [-0.15, -0.1) is 0 Å². The maximum Gasteiger partial charge on any atom is 0.228 e. The summed E-state index contributed by atoms with van der Waals surface area (Å²) in [4.78, 5) is 4.35. The van der Waals surface area contributed by atoms with E-state index in [9.17, 15) is 0 Å². The van der Waals surface area contributed by atoms with Crippen molar-refractivity contribution in [2.45, 2.75) is 40.2 Å². The standard InChI is InChI=1S/C13H19N3O2/c1-8-9(5-6-17-8)12-15-11(18-16-12)7-10(14)13(2,3)4/h5-6,10H,7,14H2,1-4H3. The fourth-order valence-corrected chi connectivity index (χ4v) is 1.56. The lowest BCUT2D eigenvalue weighted by Crippen LogP contribution is -2.36. The molecule has 0 bridgehead atoms. The van der Waals surface area contributed by atoms with Crippen LogP contribution in [0.2, 0.25) is 0 Å². The van der Waals surface area contributed by atoms with Crippen LogP contribution in [0.25, 0.3) is 11.4 Å². The summed E-state index contributed by atoms with van der Waals surface area (Å²) in [5, 5.41) is 3.95. The average Bonchev–Trinajstić information content (AvgIpc) is 2.85. The number of aryl methyl sites for hydroxylation is 1. The van der Waals surface area contributed by atoms with Crippen molar-refractivity contribution >= 4 is 0 Å². The van der Waals surface area contributed by atoms with Gasteiger partial charge in [0.25, 0.3) is 0 Å². The monoisotopic (exact) mass is 249 g/mol. The summed E-state index contributed by atoms with van der Waals surface area (Å²) < 4.78 is 10.4. The van der Waals surface area contributed by atoms with E-state index in [2.05, 4.69) is 30.9 Å². The van der Waals surface area contributed by atoms with Crippen LogP contribution in [0.5, 0.6) is 0 Å². The summed E-state index contributed by atoms with van der Waals surface area (Å²) in [7, 11) is 0. The van der Waals surface area contributed by atoms with Crippen LogP contribution in [0, 0.1) is 12.3 Å². The molecule has 18 heavy (non-hydrogen) atoms. The molecular formula is C13H19N3O2. The molecule has 1 atom stereocenters. The van der Waals surface area contributed by atoms with Gasteiger partial charge in [-0.3, -0.25) is 0 Å². The predicted molar refractivity (Wildman–Crippen MR) is 67.9 cm³/mol. The first-order valence-electron chi connectivity index (χ1n) is 6.00. The summed E-state index contributed by atoms with van der Waals surface area (Å²) in [5.74, 6) is 1.90. The first-order chi connectivity index (χ1) is 8.38. The second kappa shape index (κ2) is 4.57. The molecule has 2 rings (SSSR count). The molecular weight excluding hydrogens is 230 g/mol. The van der Waals surface area contributed by atoms with Gasteiger partial charge < -0.3 is 14.7 Å². The second-order valence-electron chi connectivity index (χ2n) is 5.58. The van der Waals surface area contributed by atoms with E-state index < -0.39 is 0 Å². The van der Waals surface area contributed by atoms with E-state index in [0.29, 0.717) is 18.1 Å². The molecule has 2 heterocycles. The first-order valence-corrected chi connectivity index (χ1v) is 6.00. The molecule has 0 radical (unpaired) electrons. The summed E-state index contributed by atoms with van der Waals surface area (Å²) in [6, 6.07) is 1.81. The number of nitrogens with two attached hydrogens (primary N) is 1. The Bertz CT molecular complexity index is 522. The van der Waals surface area contributed by atoms with Crippen LogP contribution in [0.15, 0.2) is 21.3 Å². The molecule has 0 aliphatic carbocycles. The van der Waals surface area contributed by atoms with Crippen LogP contribution >= 0.6 is 0 Å². The lowest BCUT2D eigenvalue weighted by molar-refractivity contribution is 0.286. The fraction of sp³-hybridized carbons (Fsp3) is 0.538. The van der Waals surface area contributed by atoms with Crippen LogP contribution in [0.1, 0.15) is 32.4 Å². The van der Waals surface area contributed by atoms with Gasteiger partial charge in [0.15, 0.2) is 0 Å². The Balaban J connectivity index is 2.15. The van der Waals surface area contributed by atoms with Crippen molar-refractivity contribution < 1.29 is 8.94 Å². The van der Waals surface area contributed by atoms with E-state index in [1.807, 2.05) is 13.0 Å². The molecule has 0 aliphatic rings. The Kier molecular flexibility index (Phi) is 3.26. The normalized spacial score (nSPS) is 13.8. The molecule has 5 nitrogen and oxygen atoms in total. The number of nitrogens with zero attached hydrogens (tertiary/aromatic N) is 2. The van der Waals surface area contributed by atoms with Crippen molar-refractivity contribution in [3.8, 4) is 11.4 Å². The van der Waals surface area contributed by atoms with E-state index in [-0.39, 0.29) is 11.5 Å². The van der Waals surface area contributed by atoms with Gasteiger partial charge in [0, 0.05) is 12.5 Å². The molecule has 0 saturated carbocycles. The van der Waals surface area contributed by atoms with E-state index in [1.54, 1.807) is 6.26 Å². The number of aromatic nitrogens is 2. The van der Waals surface area contributed by atoms with Crippen molar-refractivity contribution in [3.05, 3.63) is 24.0 Å². The molecule has 5 heteroatoms. The number of furan rings is 1. The highest BCUT2D eigenvalue weighted by Gasteiger charge is 2.23. The highest BCUT2D eigenvalue weighted by atomic mass is 16.5. The average molecular weight is 249 g/mol. The van der Waals surface area contributed by atoms with Gasteiger partial charge in [-0.1, -0.05) is 25.9 Å². The number of hydrogen-bond acceptors (Lipinski definition) is 5. The summed E-state index contributed by atoms with van der Waals surface area (Å²) in [6.07, 6.45) is 2.19. The second-order valence-corrected chi connectivity index (χ2v) is 5.58. The van der Waals surface area contributed by atoms with E-state index in [1.165, 1.54) is 0 Å². The molecule has 0 amide bonds. The van der Waals surface area contributed by atoms with E-state index in [0.717, 1.165) is 11.3 Å². The Morgan fingerprint density at radius 2 is 2.11 bits per heavy atom. The molecule has 0 spiro atoms. The van der Waals surface area contributed by atoms with Crippen LogP contribution in [0.4, 0.5) is 0 Å². The van der Waals surface area contributed by atoms with Gasteiger partial charge in [-0.25, -0.2) is 0 Å². The zero-order valence-electron chi connectivity index (χ0n) is 11.2. The zero-order valence-corrected chi connectivity index (χ0v) is 11.2. The van der Waals surface area contributed by atoms with Gasteiger partial charge in [-0.2, -0.15) is 4.98 Å². The molecule has 0 aliphatic heterocycles. The van der Waals surface area contributed by atoms with Crippen molar-refractivity contribution in [2.24, 2.45) is 11.1 Å². The molecule has 0 aromatic carbocycles. The van der Waals surface area contributed by atoms with Crippen molar-refractivity contribution in [1.82, 2.24) is 10.1 Å². The third kappa shape index (κ3) is 2.61. The molecule has 0 saturated heterocycles. The topological polar surface area (TPSA) is 78.1 Å². The summed E-state index contributed by atoms with van der Waals surface area (Å²) >= 11 is 0. The molecule has 2 N–H and O–H groups in total. The quantitative estimate of drug-likeness (QED) is 0.904. The third-order valence-electron chi connectivity index (χ3n) is 3.07. The highest BCUT2D eigenvalue weighted by molar-refractivity contribution is 5.56. The SMILES string of the molecule is Cc1occc1-c1noc(CC(N)C(C)(C)C)n1. The predicted octanol–water partition coefficient (Wildman–Crippen LogP) is 2.55. The van der Waals surface area contributed by atoms with E-state index >= 15 is 0 Å². The Hall–Kier alpha value is -1.62. The highest BCUT2D eigenvalue weighted by Crippen LogP contribution is 2.23. The summed E-state index contributed by atoms with van der Waals surface area (Å²) in [6.45, 7) is 8.14. The minimum Gasteiger partial charge on any atom is -0.469 e. The maximum absolute atomic E-state index is 6.09. The van der Waals surface area contributed by atoms with Gasteiger partial charge >= 0.3 is 0 Å². The lowest BCUT2D eigenvalue weighted by atomic mass is 9.85. The first kappa shape index (κ1) is 12.8. The Labute approximate surface area is 106 Å². The minimum atomic E-state index is -0.0174. The van der Waals surface area contributed by atoms with Crippen molar-refractivity contribution in [1.29, 1.82) is 0 Å². The minimum absolute atomic E-state index is 0.0141. The summed E-state index contributed by atoms with van der Waals surface area (Å²) in [5.41, 5.74) is 6.96. The third-order valence-corrected chi connectivity index (χ3v) is 3.07. The largest absolute Gasteiger partial charge is 0.469 e. The van der Waals surface area contributed by atoms with Crippen LogP contribution in [-0.2, 0) is 6.42 Å². The van der Waals surface area contributed by atoms with Gasteiger partial charge in [-0.05, 0) is 18.4 Å². The van der Waals surface area contributed by atoms with Crippen LogP contribution < -0.4 is 5.73 Å². The molecule has 0 fully saturated rings. The van der Waals surface area contributed by atoms with Crippen molar-refractivity contribution in [3.63, 3.8) is 0 Å². The molecule has 2 aromatic rings. The van der Waals surface area contributed by atoms with Crippen molar-refractivity contribution in [2.75, 3.05) is 0 Å². The lowest BCUT2D eigenvalue weighted by Gasteiger charge is -2.25.